The summed E-state index contributed by atoms with van der Waals surface area (Å²) in [5.74, 6) is 0. The van der Waals surface area contributed by atoms with E-state index < -0.39 is 0 Å². The lowest BCUT2D eigenvalue weighted by Crippen LogP contribution is -2.15. The monoisotopic (exact) mass is 286 g/mol. The molecule has 0 atom stereocenters. The highest BCUT2D eigenvalue weighted by atomic mass is 32.1. The van der Waals surface area contributed by atoms with Gasteiger partial charge in [-0.15, -0.1) is 0 Å². The average Bonchev–Trinajstić information content (AvgIpc) is 2.93. The van der Waals surface area contributed by atoms with Crippen LogP contribution in [0.2, 0.25) is 0 Å². The summed E-state index contributed by atoms with van der Waals surface area (Å²) in [5.41, 5.74) is 9.06. The molecule has 0 aliphatic heterocycles. The maximum absolute atomic E-state index is 11.8. The van der Waals surface area contributed by atoms with Crippen LogP contribution in [-0.4, -0.2) is 14.5 Å². The van der Waals surface area contributed by atoms with Crippen LogP contribution in [0.15, 0.2) is 41.3 Å². The third-order valence-electron chi connectivity index (χ3n) is 3.38. The minimum atomic E-state index is -0.196. The van der Waals surface area contributed by atoms with Gasteiger partial charge in [-0.3, -0.25) is 9.78 Å². The summed E-state index contributed by atoms with van der Waals surface area (Å²) < 4.78 is 2.31. The van der Waals surface area contributed by atoms with E-state index in [1.807, 2.05) is 34.9 Å². The molecule has 5 nitrogen and oxygen atoms in total. The summed E-state index contributed by atoms with van der Waals surface area (Å²) in [4.78, 5) is 17.4. The van der Waals surface area contributed by atoms with Crippen LogP contribution < -0.4 is 11.3 Å². The van der Waals surface area contributed by atoms with Gasteiger partial charge in [-0.05, 0) is 29.4 Å². The number of hydrogen-bond donors (Lipinski definition) is 3. The lowest BCUT2D eigenvalue weighted by atomic mass is 10.1. The second-order valence-corrected chi connectivity index (χ2v) is 4.94. The van der Waals surface area contributed by atoms with Gasteiger partial charge in [-0.2, -0.15) is 0 Å². The number of nitrogens with two attached hydrogens (primary N) is 1. The molecule has 0 unspecified atom stereocenters. The number of fused-ring (bicyclic) bond motifs is 1. The molecule has 0 fully saturated rings. The zero-order chi connectivity index (χ0) is 14.1. The minimum absolute atomic E-state index is 0.196. The van der Waals surface area contributed by atoms with E-state index in [9.17, 15) is 4.79 Å². The molecule has 2 heterocycles. The second-order valence-electron chi connectivity index (χ2n) is 4.56. The maximum Gasteiger partial charge on any atom is 0.276 e. The van der Waals surface area contributed by atoms with Crippen LogP contribution in [-0.2, 0) is 13.1 Å². The minimum Gasteiger partial charge on any atom is -0.355 e. The number of hydrogen-bond acceptors (Lipinski definition) is 3. The van der Waals surface area contributed by atoms with Gasteiger partial charge in [-0.1, -0.05) is 24.3 Å². The van der Waals surface area contributed by atoms with Gasteiger partial charge in [0.1, 0.15) is 5.52 Å². The van der Waals surface area contributed by atoms with Crippen LogP contribution in [0.1, 0.15) is 11.1 Å². The van der Waals surface area contributed by atoms with Gasteiger partial charge in [0.25, 0.3) is 5.56 Å². The highest BCUT2D eigenvalue weighted by molar-refractivity contribution is 7.71. The molecule has 20 heavy (non-hydrogen) atoms. The Labute approximate surface area is 120 Å². The van der Waals surface area contributed by atoms with Crippen molar-refractivity contribution in [2.75, 3.05) is 0 Å². The van der Waals surface area contributed by atoms with E-state index in [4.69, 9.17) is 18.0 Å². The lowest BCUT2D eigenvalue weighted by molar-refractivity contribution is 0.772. The van der Waals surface area contributed by atoms with E-state index in [0.29, 0.717) is 23.4 Å². The Balaban J connectivity index is 2.18. The second kappa shape index (κ2) is 5.07. The first-order chi connectivity index (χ1) is 9.70. The molecule has 0 radical (unpaired) electrons. The highest BCUT2D eigenvalue weighted by Crippen LogP contribution is 2.14. The Morgan fingerprint density at radius 2 is 1.95 bits per heavy atom. The first-order valence-corrected chi connectivity index (χ1v) is 6.68. The molecular weight excluding hydrogens is 272 g/mol. The first-order valence-electron chi connectivity index (χ1n) is 6.28. The van der Waals surface area contributed by atoms with Crippen molar-refractivity contribution >= 4 is 23.3 Å². The topological polar surface area (TPSA) is 79.6 Å². The zero-order valence-electron chi connectivity index (χ0n) is 10.7. The summed E-state index contributed by atoms with van der Waals surface area (Å²) in [6.45, 7) is 1.06. The van der Waals surface area contributed by atoms with Crippen molar-refractivity contribution in [3.8, 4) is 0 Å². The summed E-state index contributed by atoms with van der Waals surface area (Å²) in [6.07, 6.45) is 1.74. The van der Waals surface area contributed by atoms with Gasteiger partial charge >= 0.3 is 0 Å². The van der Waals surface area contributed by atoms with Gasteiger partial charge in [0.15, 0.2) is 4.77 Å². The predicted molar refractivity (Wildman–Crippen MR) is 81.2 cm³/mol. The standard InChI is InChI=1S/C14H14N4OS/c15-7-9-3-1-2-4-10(9)8-18-11-5-6-16-12(11)13(19)17-14(18)20/h1-6,16H,7-8,15H2,(H,17,19,20). The van der Waals surface area contributed by atoms with E-state index in [1.54, 1.807) is 6.20 Å². The fourth-order valence-electron chi connectivity index (χ4n) is 2.34. The molecule has 0 amide bonds. The molecule has 102 valence electrons. The predicted octanol–water partition coefficient (Wildman–Crippen LogP) is 1.89. The number of rotatable bonds is 3. The molecule has 3 aromatic rings. The van der Waals surface area contributed by atoms with E-state index in [0.717, 1.165) is 16.6 Å². The molecule has 0 bridgehead atoms. The summed E-state index contributed by atoms with van der Waals surface area (Å²) in [5, 5.41) is 0. The number of nitrogens with zero attached hydrogens (tertiary/aromatic N) is 1. The Morgan fingerprint density at radius 3 is 2.70 bits per heavy atom. The Bertz CT molecular complexity index is 875. The largest absolute Gasteiger partial charge is 0.355 e. The van der Waals surface area contributed by atoms with Gasteiger partial charge in [0.05, 0.1) is 12.1 Å². The number of aromatic amines is 2. The van der Waals surface area contributed by atoms with Gasteiger partial charge < -0.3 is 15.3 Å². The van der Waals surface area contributed by atoms with E-state index >= 15 is 0 Å². The van der Waals surface area contributed by atoms with Crippen molar-refractivity contribution < 1.29 is 0 Å². The maximum atomic E-state index is 11.8. The van der Waals surface area contributed by atoms with Crippen LogP contribution in [0.4, 0.5) is 0 Å². The van der Waals surface area contributed by atoms with E-state index in [1.165, 1.54) is 0 Å². The fourth-order valence-corrected chi connectivity index (χ4v) is 2.60. The molecule has 0 aliphatic rings. The SMILES string of the molecule is NCc1ccccc1Cn1c(=S)[nH]c(=O)c2[nH]ccc21. The third-order valence-corrected chi connectivity index (χ3v) is 3.70. The molecule has 3 rings (SSSR count). The fraction of sp³-hybridized carbons (Fsp3) is 0.143. The van der Waals surface area contributed by atoms with Gasteiger partial charge in [-0.25, -0.2) is 0 Å². The first kappa shape index (κ1) is 12.8. The number of benzene rings is 1. The highest BCUT2D eigenvalue weighted by Gasteiger charge is 2.08. The van der Waals surface area contributed by atoms with Crippen LogP contribution in [0.3, 0.4) is 0 Å². The van der Waals surface area contributed by atoms with E-state index in [2.05, 4.69) is 9.97 Å². The van der Waals surface area contributed by atoms with Crippen molar-refractivity contribution in [3.05, 3.63) is 62.8 Å². The molecule has 1 aromatic carbocycles. The number of aromatic nitrogens is 3. The molecular formula is C14H14N4OS. The van der Waals surface area contributed by atoms with Gasteiger partial charge in [0, 0.05) is 12.7 Å². The number of nitrogens with one attached hydrogen (secondary N) is 2. The quantitative estimate of drug-likeness (QED) is 0.643. The molecule has 2 aromatic heterocycles. The van der Waals surface area contributed by atoms with E-state index in [-0.39, 0.29) is 5.56 Å². The molecule has 0 spiro atoms. The van der Waals surface area contributed by atoms with Crippen molar-refractivity contribution in [2.24, 2.45) is 5.73 Å². The smallest absolute Gasteiger partial charge is 0.276 e. The van der Waals surface area contributed by atoms with Crippen molar-refractivity contribution in [1.82, 2.24) is 14.5 Å². The summed E-state index contributed by atoms with van der Waals surface area (Å²) in [7, 11) is 0. The zero-order valence-corrected chi connectivity index (χ0v) is 11.5. The Kier molecular flexibility index (Phi) is 3.25. The normalized spacial score (nSPS) is 11.1. The van der Waals surface area contributed by atoms with Crippen molar-refractivity contribution in [1.29, 1.82) is 0 Å². The van der Waals surface area contributed by atoms with Crippen LogP contribution in [0.5, 0.6) is 0 Å². The summed E-state index contributed by atoms with van der Waals surface area (Å²) >= 11 is 5.27. The van der Waals surface area contributed by atoms with Crippen molar-refractivity contribution in [3.63, 3.8) is 0 Å². The molecule has 4 N–H and O–H groups in total. The summed E-state index contributed by atoms with van der Waals surface area (Å²) in [6, 6.07) is 9.81. The lowest BCUT2D eigenvalue weighted by Gasteiger charge is -2.12. The Morgan fingerprint density at radius 1 is 1.20 bits per heavy atom. The van der Waals surface area contributed by atoms with Crippen molar-refractivity contribution in [2.45, 2.75) is 13.1 Å². The Hall–Kier alpha value is -2.18. The molecule has 0 saturated carbocycles. The van der Waals surface area contributed by atoms with Crippen LogP contribution in [0, 0.1) is 4.77 Å². The van der Waals surface area contributed by atoms with Crippen LogP contribution in [0.25, 0.3) is 11.0 Å². The molecule has 0 aliphatic carbocycles. The molecule has 0 saturated heterocycles. The molecule has 6 heteroatoms. The number of H-pyrrole nitrogens is 2. The average molecular weight is 286 g/mol. The van der Waals surface area contributed by atoms with Gasteiger partial charge in [0.2, 0.25) is 0 Å². The van der Waals surface area contributed by atoms with Crippen LogP contribution >= 0.6 is 12.2 Å². The third kappa shape index (κ3) is 2.09.